The number of morpholine rings is 1. The van der Waals surface area contributed by atoms with E-state index in [-0.39, 0.29) is 66.0 Å². The van der Waals surface area contributed by atoms with Crippen molar-refractivity contribution < 1.29 is 55.7 Å². The Bertz CT molecular complexity index is 1760. The number of hydrogen-bond donors (Lipinski definition) is 6. The molecule has 3 aromatic rings. The number of carbonyl (C=O) groups excluding carboxylic acids is 1. The van der Waals surface area contributed by atoms with Crippen LogP contribution in [-0.4, -0.2) is 64.2 Å². The Labute approximate surface area is 278 Å². The van der Waals surface area contributed by atoms with Crippen molar-refractivity contribution in [2.45, 2.75) is 12.4 Å². The van der Waals surface area contributed by atoms with Crippen LogP contribution >= 0.6 is 0 Å². The Morgan fingerprint density at radius 3 is 1.50 bits per heavy atom. The molecule has 0 bridgehead atoms. The number of carbonyl (C=O) groups is 3. The molecule has 0 saturated carbocycles. The van der Waals surface area contributed by atoms with Gasteiger partial charge < -0.3 is 31.3 Å². The molecule has 1 fully saturated rings. The highest BCUT2D eigenvalue weighted by molar-refractivity contribution is 5.96. The van der Waals surface area contributed by atoms with E-state index in [0.29, 0.717) is 34.3 Å². The Hall–Kier alpha value is -5.86. The van der Waals surface area contributed by atoms with Crippen LogP contribution in [0.4, 0.5) is 37.7 Å². The van der Waals surface area contributed by atoms with Crippen LogP contribution < -0.4 is 33.2 Å². The third kappa shape index (κ3) is 8.40. The van der Waals surface area contributed by atoms with Crippen LogP contribution in [0.2, 0.25) is 0 Å². The first-order chi connectivity index (χ1) is 23.3. The van der Waals surface area contributed by atoms with Gasteiger partial charge in [-0.05, 0) is 48.5 Å². The van der Waals surface area contributed by atoms with E-state index >= 15 is 0 Å². The van der Waals surface area contributed by atoms with Crippen LogP contribution in [0.3, 0.4) is 0 Å². The zero-order valence-electron chi connectivity index (χ0n) is 25.5. The average Bonchev–Trinajstić information content (AvgIpc) is 3.06. The number of ether oxygens (including phenoxy) is 1. The predicted octanol–water partition coefficient (Wildman–Crippen LogP) is 3.26. The molecule has 1 amide bonds. The van der Waals surface area contributed by atoms with Crippen molar-refractivity contribution in [2.75, 3.05) is 36.3 Å². The largest absolute Gasteiger partial charge is 0.478 e. The Balaban J connectivity index is 1.77. The van der Waals surface area contributed by atoms with E-state index in [0.717, 1.165) is 24.5 Å². The minimum absolute atomic E-state index is 0.0259. The number of aromatic nitrogens is 1. The molecule has 0 radical (unpaired) electrons. The minimum Gasteiger partial charge on any atom is -0.478 e. The van der Waals surface area contributed by atoms with Gasteiger partial charge in [0.25, 0.3) is 5.91 Å². The van der Waals surface area contributed by atoms with E-state index in [4.69, 9.17) is 38.1 Å². The summed E-state index contributed by atoms with van der Waals surface area (Å²) in [5.74, 6) is 7.75. The molecule has 20 heteroatoms. The zero-order chi connectivity index (χ0) is 37.1. The molecule has 14 nitrogen and oxygen atoms in total. The fourth-order valence-electron chi connectivity index (χ4n) is 4.71. The fraction of sp³-hybridized carbons (Fsp3) is 0.200. The quantitative estimate of drug-likeness (QED) is 0.107. The molecule has 10 N–H and O–H groups in total. The van der Waals surface area contributed by atoms with Crippen molar-refractivity contribution in [3.63, 3.8) is 0 Å². The maximum Gasteiger partial charge on any atom is 0.417 e. The monoisotopic (exact) mass is 710 g/mol. The Kier molecular flexibility index (Phi) is 10.6. The topological polar surface area (TPSA) is 228 Å². The number of nitrogens with zero attached hydrogens (tertiary/aromatic N) is 4. The number of hydrogen-bond acceptors (Lipinski definition) is 11. The number of hydrazine groups is 2. The highest BCUT2D eigenvalue weighted by atomic mass is 19.4. The molecule has 0 spiro atoms. The van der Waals surface area contributed by atoms with Crippen molar-refractivity contribution in [3.05, 3.63) is 100 Å². The van der Waals surface area contributed by atoms with E-state index in [9.17, 15) is 40.7 Å². The average molecular weight is 711 g/mol. The van der Waals surface area contributed by atoms with Crippen molar-refractivity contribution >= 4 is 40.6 Å². The number of nitrogens with two attached hydrogens (primary N) is 4. The number of amides is 1. The predicted molar refractivity (Wildman–Crippen MR) is 165 cm³/mol. The van der Waals surface area contributed by atoms with Crippen LogP contribution in [0.5, 0.6) is 0 Å². The molecule has 4 rings (SSSR count). The lowest BCUT2D eigenvalue weighted by Gasteiger charge is -2.27. The number of benzene rings is 2. The Morgan fingerprint density at radius 1 is 0.740 bits per heavy atom. The van der Waals surface area contributed by atoms with E-state index in [2.05, 4.69) is 4.98 Å². The SMILES string of the molecule is N/C(=C\N(N)c1ccc(C(=O)O)c(C(F)(F)F)c1)c1cc(C(=O)N2CCOCC2)cc(/C(N)=C/N(N)c2ccc(C(=O)O)c(C(F)(F)F)c2)n1. The summed E-state index contributed by atoms with van der Waals surface area (Å²) >= 11 is 0. The first-order valence-electron chi connectivity index (χ1n) is 14.1. The van der Waals surface area contributed by atoms with Crippen LogP contribution in [0, 0.1) is 0 Å². The molecule has 2 heterocycles. The standard InChI is InChI=1S/C30H28F6N8O6/c31-29(32,33)20-11-16(1-3-18(20)27(46)47)43(39)13-22(37)24-9-15(26(45)42-5-7-50-8-6-42)10-25(41-24)23(38)14-44(40)17-2-4-19(28(48)49)21(12-17)30(34,35)36/h1-4,9-14H,5-8,37-40H2,(H,46,47)(H,48,49)/b22-13-,23-14-. The van der Waals surface area contributed by atoms with Gasteiger partial charge in [-0.15, -0.1) is 0 Å². The zero-order valence-corrected chi connectivity index (χ0v) is 25.5. The lowest BCUT2D eigenvalue weighted by Crippen LogP contribution is -2.40. The van der Waals surface area contributed by atoms with Gasteiger partial charge in [0.05, 0.1) is 69.6 Å². The number of halogens is 6. The van der Waals surface area contributed by atoms with Crippen LogP contribution in [0.25, 0.3) is 11.4 Å². The van der Waals surface area contributed by atoms with Crippen LogP contribution in [-0.2, 0) is 17.1 Å². The molecule has 0 atom stereocenters. The maximum absolute atomic E-state index is 13.6. The fourth-order valence-corrected chi connectivity index (χ4v) is 4.71. The smallest absolute Gasteiger partial charge is 0.417 e. The minimum atomic E-state index is -5.04. The van der Waals surface area contributed by atoms with Crippen LogP contribution in [0.15, 0.2) is 60.9 Å². The molecule has 2 aromatic carbocycles. The van der Waals surface area contributed by atoms with Crippen molar-refractivity contribution in [1.29, 1.82) is 0 Å². The van der Waals surface area contributed by atoms with Gasteiger partial charge in [0.1, 0.15) is 0 Å². The van der Waals surface area contributed by atoms with Gasteiger partial charge in [0.15, 0.2) is 0 Å². The molecular formula is C30H28F6N8O6. The third-order valence-corrected chi connectivity index (χ3v) is 7.19. The highest BCUT2D eigenvalue weighted by Gasteiger charge is 2.37. The lowest BCUT2D eigenvalue weighted by atomic mass is 10.1. The maximum atomic E-state index is 13.6. The number of anilines is 2. The van der Waals surface area contributed by atoms with Gasteiger partial charge in [-0.25, -0.2) is 26.3 Å². The second-order valence-electron chi connectivity index (χ2n) is 10.6. The summed E-state index contributed by atoms with van der Waals surface area (Å²) in [7, 11) is 0. The van der Waals surface area contributed by atoms with Crippen molar-refractivity contribution in [2.24, 2.45) is 23.2 Å². The number of carboxylic acid groups (broad SMARTS) is 2. The lowest BCUT2D eigenvalue weighted by molar-refractivity contribution is -0.138. The number of alkyl halides is 6. The van der Waals surface area contributed by atoms with E-state index in [1.807, 2.05) is 0 Å². The Morgan fingerprint density at radius 2 is 1.14 bits per heavy atom. The van der Waals surface area contributed by atoms with Crippen LogP contribution in [0.1, 0.15) is 53.6 Å². The van der Waals surface area contributed by atoms with Gasteiger partial charge in [-0.1, -0.05) is 0 Å². The molecular weight excluding hydrogens is 682 g/mol. The number of carboxylic acids is 2. The summed E-state index contributed by atoms with van der Waals surface area (Å²) in [4.78, 5) is 41.8. The summed E-state index contributed by atoms with van der Waals surface area (Å²) in [5, 5.41) is 19.7. The molecule has 0 unspecified atom stereocenters. The number of rotatable bonds is 9. The third-order valence-electron chi connectivity index (χ3n) is 7.19. The normalized spacial score (nSPS) is 14.4. The molecule has 1 aliphatic heterocycles. The number of aromatic carboxylic acids is 2. The second kappa shape index (κ2) is 14.3. The molecule has 50 heavy (non-hydrogen) atoms. The van der Waals surface area contributed by atoms with Gasteiger partial charge in [-0.2, -0.15) is 26.3 Å². The highest BCUT2D eigenvalue weighted by Crippen LogP contribution is 2.36. The van der Waals surface area contributed by atoms with E-state index < -0.39 is 52.5 Å². The summed E-state index contributed by atoms with van der Waals surface area (Å²) in [6.45, 7) is 0.923. The van der Waals surface area contributed by atoms with Crippen molar-refractivity contribution in [1.82, 2.24) is 9.88 Å². The number of pyridine rings is 1. The summed E-state index contributed by atoms with van der Waals surface area (Å²) in [5.41, 5.74) is 5.79. The molecule has 1 aromatic heterocycles. The first-order valence-corrected chi connectivity index (χ1v) is 14.1. The van der Waals surface area contributed by atoms with Gasteiger partial charge >= 0.3 is 24.3 Å². The van der Waals surface area contributed by atoms with Gasteiger partial charge in [-0.3, -0.25) is 14.8 Å². The molecule has 1 aliphatic rings. The summed E-state index contributed by atoms with van der Waals surface area (Å²) < 4.78 is 86.7. The van der Waals surface area contributed by atoms with Crippen molar-refractivity contribution in [3.8, 4) is 0 Å². The summed E-state index contributed by atoms with van der Waals surface area (Å²) in [6, 6.07) is 6.89. The van der Waals surface area contributed by atoms with Gasteiger partial charge in [0.2, 0.25) is 0 Å². The molecule has 1 saturated heterocycles. The summed E-state index contributed by atoms with van der Waals surface area (Å²) in [6.07, 6.45) is -8.19. The molecule has 266 valence electrons. The molecule has 0 aliphatic carbocycles. The second-order valence-corrected chi connectivity index (χ2v) is 10.6. The first kappa shape index (κ1) is 37.0. The van der Waals surface area contributed by atoms with E-state index in [1.165, 1.54) is 17.0 Å². The van der Waals surface area contributed by atoms with Gasteiger partial charge in [0, 0.05) is 31.1 Å². The van der Waals surface area contributed by atoms with E-state index in [1.54, 1.807) is 0 Å².